The lowest BCUT2D eigenvalue weighted by atomic mass is 10.1. The van der Waals surface area contributed by atoms with Gasteiger partial charge in [0.1, 0.15) is 24.7 Å². The van der Waals surface area contributed by atoms with E-state index >= 15 is 0 Å². The minimum atomic E-state index is -0.601. The van der Waals surface area contributed by atoms with E-state index in [0.29, 0.717) is 22.6 Å². The number of rotatable bonds is 14. The van der Waals surface area contributed by atoms with Crippen molar-refractivity contribution in [3.05, 3.63) is 60.2 Å². The van der Waals surface area contributed by atoms with Gasteiger partial charge in [-0.15, -0.1) is 0 Å². The number of aryl methyl sites for hydroxylation is 1. The Morgan fingerprint density at radius 3 is 1.83 bits per heavy atom. The Morgan fingerprint density at radius 1 is 0.771 bits per heavy atom. The van der Waals surface area contributed by atoms with Gasteiger partial charge in [-0.2, -0.15) is 0 Å². The van der Waals surface area contributed by atoms with Crippen molar-refractivity contribution in [2.75, 3.05) is 40.6 Å². The molecule has 8 heteroatoms. The normalized spacial score (nSPS) is 12.5. The van der Waals surface area contributed by atoms with Crippen molar-refractivity contribution >= 4 is 22.7 Å². The molecular formula is C27H34O8. The number of carbonyl (C=O) groups excluding carboxylic acids is 2. The molecule has 0 heterocycles. The van der Waals surface area contributed by atoms with Crippen LogP contribution in [0.1, 0.15) is 19.4 Å². The van der Waals surface area contributed by atoms with E-state index in [4.69, 9.17) is 28.4 Å². The average molecular weight is 487 g/mol. The van der Waals surface area contributed by atoms with Gasteiger partial charge < -0.3 is 28.4 Å². The molecule has 0 saturated carbocycles. The average Bonchev–Trinajstić information content (AvgIpc) is 2.81. The molecule has 0 N–H and O–H groups in total. The van der Waals surface area contributed by atoms with Crippen molar-refractivity contribution in [1.82, 2.24) is 0 Å². The maximum absolute atomic E-state index is 11.9. The molecule has 0 spiro atoms. The fraction of sp³-hybridized carbons (Fsp3) is 0.407. The maximum atomic E-state index is 11.9. The van der Waals surface area contributed by atoms with E-state index in [1.807, 2.05) is 37.3 Å². The Morgan fingerprint density at radius 2 is 1.31 bits per heavy atom. The zero-order valence-electron chi connectivity index (χ0n) is 21.1. The zero-order valence-corrected chi connectivity index (χ0v) is 21.1. The quantitative estimate of drug-likeness (QED) is 0.290. The van der Waals surface area contributed by atoms with Gasteiger partial charge in [-0.05, 0) is 32.4 Å². The van der Waals surface area contributed by atoms with Crippen molar-refractivity contribution in [2.45, 2.75) is 33.0 Å². The SMILES string of the molecule is C=C(C)C(=O)OC(COC)COc1cccc2c(OCC(COC)OC(=O)C(=C)C)c(C)ccc12. The summed E-state index contributed by atoms with van der Waals surface area (Å²) in [4.78, 5) is 23.9. The van der Waals surface area contributed by atoms with Gasteiger partial charge in [-0.3, -0.25) is 0 Å². The van der Waals surface area contributed by atoms with E-state index in [2.05, 4.69) is 13.2 Å². The van der Waals surface area contributed by atoms with Crippen molar-refractivity contribution in [1.29, 1.82) is 0 Å². The van der Waals surface area contributed by atoms with Crippen LogP contribution >= 0.6 is 0 Å². The summed E-state index contributed by atoms with van der Waals surface area (Å²) in [5.74, 6) is 0.237. The second-order valence-corrected chi connectivity index (χ2v) is 8.21. The Labute approximate surface area is 206 Å². The van der Waals surface area contributed by atoms with Gasteiger partial charge in [0, 0.05) is 36.1 Å². The summed E-state index contributed by atoms with van der Waals surface area (Å²) in [6.45, 7) is 12.9. The summed E-state index contributed by atoms with van der Waals surface area (Å²) in [5.41, 5.74) is 1.51. The molecule has 0 saturated heterocycles. The summed E-state index contributed by atoms with van der Waals surface area (Å²) in [5, 5.41) is 1.64. The Balaban J connectivity index is 2.23. The number of fused-ring (bicyclic) bond motifs is 1. The fourth-order valence-electron chi connectivity index (χ4n) is 3.19. The van der Waals surface area contributed by atoms with E-state index in [0.717, 1.165) is 16.3 Å². The third kappa shape index (κ3) is 8.12. The molecule has 190 valence electrons. The number of esters is 2. The van der Waals surface area contributed by atoms with E-state index in [-0.39, 0.29) is 26.4 Å². The van der Waals surface area contributed by atoms with Gasteiger partial charge in [-0.1, -0.05) is 37.4 Å². The second kappa shape index (κ2) is 13.5. The van der Waals surface area contributed by atoms with Gasteiger partial charge in [0.15, 0.2) is 12.2 Å². The van der Waals surface area contributed by atoms with Crippen molar-refractivity contribution in [3.63, 3.8) is 0 Å². The third-order valence-corrected chi connectivity index (χ3v) is 4.96. The van der Waals surface area contributed by atoms with Gasteiger partial charge in [0.2, 0.25) is 0 Å². The summed E-state index contributed by atoms with van der Waals surface area (Å²) in [6.07, 6.45) is -1.20. The number of benzene rings is 2. The lowest BCUT2D eigenvalue weighted by Crippen LogP contribution is -2.30. The Hall–Kier alpha value is -3.36. The highest BCUT2D eigenvalue weighted by Gasteiger charge is 2.19. The molecular weight excluding hydrogens is 452 g/mol. The molecule has 0 aliphatic rings. The molecule has 0 aliphatic carbocycles. The molecule has 0 radical (unpaired) electrons. The van der Waals surface area contributed by atoms with E-state index in [9.17, 15) is 9.59 Å². The summed E-state index contributed by atoms with van der Waals surface area (Å²) in [6, 6.07) is 9.45. The zero-order chi connectivity index (χ0) is 26.0. The molecule has 2 unspecified atom stereocenters. The van der Waals surface area contributed by atoms with Crippen LogP contribution in [-0.4, -0.2) is 64.8 Å². The number of hydrogen-bond acceptors (Lipinski definition) is 8. The lowest BCUT2D eigenvalue weighted by molar-refractivity contribution is -0.149. The minimum Gasteiger partial charge on any atom is -0.489 e. The van der Waals surface area contributed by atoms with Crippen molar-refractivity contribution in [3.8, 4) is 11.5 Å². The third-order valence-electron chi connectivity index (χ3n) is 4.96. The molecule has 0 bridgehead atoms. The highest BCUT2D eigenvalue weighted by Crippen LogP contribution is 2.35. The molecule has 2 aromatic carbocycles. The molecule has 2 aromatic rings. The van der Waals surface area contributed by atoms with Crippen LogP contribution in [0.2, 0.25) is 0 Å². The van der Waals surface area contributed by atoms with Crippen LogP contribution in [0.15, 0.2) is 54.6 Å². The molecule has 0 fully saturated rings. The van der Waals surface area contributed by atoms with Crippen LogP contribution in [0, 0.1) is 6.92 Å². The highest BCUT2D eigenvalue weighted by molar-refractivity contribution is 5.94. The first kappa shape index (κ1) is 27.9. The molecule has 2 rings (SSSR count). The lowest BCUT2D eigenvalue weighted by Gasteiger charge is -2.21. The summed E-state index contributed by atoms with van der Waals surface area (Å²) in [7, 11) is 3.05. The van der Waals surface area contributed by atoms with Crippen molar-refractivity contribution < 1.29 is 38.0 Å². The molecule has 0 amide bonds. The van der Waals surface area contributed by atoms with Gasteiger partial charge in [-0.25, -0.2) is 9.59 Å². The van der Waals surface area contributed by atoms with Crippen LogP contribution in [0.25, 0.3) is 10.8 Å². The predicted octanol–water partition coefficient (Wildman–Crippen LogP) is 4.17. The van der Waals surface area contributed by atoms with Gasteiger partial charge >= 0.3 is 11.9 Å². The Kier molecular flexibility index (Phi) is 10.8. The number of ether oxygens (including phenoxy) is 6. The molecule has 35 heavy (non-hydrogen) atoms. The van der Waals surface area contributed by atoms with E-state index in [1.165, 1.54) is 14.2 Å². The first-order valence-corrected chi connectivity index (χ1v) is 11.2. The van der Waals surface area contributed by atoms with Crippen LogP contribution in [-0.2, 0) is 28.5 Å². The molecule has 8 nitrogen and oxygen atoms in total. The fourth-order valence-corrected chi connectivity index (χ4v) is 3.19. The smallest absolute Gasteiger partial charge is 0.333 e. The summed E-state index contributed by atoms with van der Waals surface area (Å²) >= 11 is 0. The van der Waals surface area contributed by atoms with Crippen LogP contribution in [0.3, 0.4) is 0 Å². The van der Waals surface area contributed by atoms with Crippen molar-refractivity contribution in [2.24, 2.45) is 0 Å². The molecule has 0 aromatic heterocycles. The largest absolute Gasteiger partial charge is 0.489 e. The van der Waals surface area contributed by atoms with E-state index < -0.39 is 24.1 Å². The van der Waals surface area contributed by atoms with Gasteiger partial charge in [0.05, 0.1) is 13.2 Å². The Bertz CT molecular complexity index is 1060. The number of hydrogen-bond donors (Lipinski definition) is 0. The minimum absolute atomic E-state index is 0.100. The van der Waals surface area contributed by atoms with Crippen LogP contribution in [0.5, 0.6) is 11.5 Å². The summed E-state index contributed by atoms with van der Waals surface area (Å²) < 4.78 is 33.2. The number of carbonyl (C=O) groups is 2. The standard InChI is InChI=1S/C27H34O8/c1-17(2)26(28)34-20(13-30-6)15-32-24-10-8-9-23-22(24)12-11-19(5)25(23)33-16-21(14-31-7)35-27(29)18(3)4/h8-12,20-21H,1,3,13-16H2,2,4-7H3. The molecule has 0 aliphatic heterocycles. The van der Waals surface area contributed by atoms with Crippen LogP contribution in [0.4, 0.5) is 0 Å². The first-order chi connectivity index (χ1) is 16.7. The van der Waals surface area contributed by atoms with Crippen LogP contribution < -0.4 is 9.47 Å². The van der Waals surface area contributed by atoms with Gasteiger partial charge in [0.25, 0.3) is 0 Å². The second-order valence-electron chi connectivity index (χ2n) is 8.21. The monoisotopic (exact) mass is 486 g/mol. The van der Waals surface area contributed by atoms with E-state index in [1.54, 1.807) is 13.8 Å². The highest BCUT2D eigenvalue weighted by atomic mass is 16.6. The molecule has 2 atom stereocenters. The maximum Gasteiger partial charge on any atom is 0.333 e. The number of methoxy groups -OCH3 is 2. The topological polar surface area (TPSA) is 89.5 Å². The first-order valence-electron chi connectivity index (χ1n) is 11.2. The predicted molar refractivity (Wildman–Crippen MR) is 133 cm³/mol.